The molecule has 5 heteroatoms. The third-order valence-electron chi connectivity index (χ3n) is 4.28. The van der Waals surface area contributed by atoms with Gasteiger partial charge < -0.3 is 14.9 Å². The number of hydrogen-bond donors (Lipinski definition) is 2. The van der Waals surface area contributed by atoms with Gasteiger partial charge in [-0.1, -0.05) is 18.9 Å². The molecule has 0 amide bonds. The molecule has 0 aliphatic carbocycles. The molecule has 0 spiro atoms. The van der Waals surface area contributed by atoms with E-state index in [-0.39, 0.29) is 18.4 Å². The van der Waals surface area contributed by atoms with Gasteiger partial charge in [0.1, 0.15) is 11.4 Å². The monoisotopic (exact) mass is 378 g/mol. The molecule has 0 aliphatic rings. The van der Waals surface area contributed by atoms with E-state index >= 15 is 0 Å². The van der Waals surface area contributed by atoms with Gasteiger partial charge in [0.15, 0.2) is 0 Å². The highest BCUT2D eigenvalue weighted by molar-refractivity contribution is 5.66. The summed E-state index contributed by atoms with van der Waals surface area (Å²) < 4.78 is 5.98. The van der Waals surface area contributed by atoms with Gasteiger partial charge in [0, 0.05) is 12.8 Å². The lowest BCUT2D eigenvalue weighted by Crippen LogP contribution is -2.23. The maximum absolute atomic E-state index is 10.6. The van der Waals surface area contributed by atoms with Crippen molar-refractivity contribution in [1.82, 2.24) is 0 Å². The molecule has 0 radical (unpaired) electrons. The predicted molar refractivity (Wildman–Crippen MR) is 106 cm³/mol. The summed E-state index contributed by atoms with van der Waals surface area (Å²) in [5.74, 6) is -0.615. The molecule has 0 unspecified atom stereocenters. The molecule has 27 heavy (non-hydrogen) atoms. The molecular formula is C22H34O5. The van der Waals surface area contributed by atoms with Crippen LogP contribution in [0.2, 0.25) is 0 Å². The van der Waals surface area contributed by atoms with Crippen molar-refractivity contribution < 1.29 is 24.5 Å². The minimum absolute atomic E-state index is 0.226. The van der Waals surface area contributed by atoms with Crippen LogP contribution in [0.5, 0.6) is 5.75 Å². The number of rotatable bonds is 13. The average Bonchev–Trinajstić information content (AvgIpc) is 2.53. The highest BCUT2D eigenvalue weighted by Gasteiger charge is 2.13. The van der Waals surface area contributed by atoms with Gasteiger partial charge in [-0.2, -0.15) is 0 Å². The zero-order valence-electron chi connectivity index (χ0n) is 16.9. The van der Waals surface area contributed by atoms with E-state index in [0.717, 1.165) is 44.3 Å². The molecule has 0 atom stereocenters. The molecule has 0 aromatic heterocycles. The Morgan fingerprint density at radius 2 is 1.33 bits per heavy atom. The van der Waals surface area contributed by atoms with Crippen LogP contribution < -0.4 is 4.74 Å². The first-order valence-electron chi connectivity index (χ1n) is 9.92. The quantitative estimate of drug-likeness (QED) is 0.459. The third kappa shape index (κ3) is 11.3. The topological polar surface area (TPSA) is 83.8 Å². The summed E-state index contributed by atoms with van der Waals surface area (Å²) in [5.41, 5.74) is 2.28. The molecular weight excluding hydrogens is 344 g/mol. The Morgan fingerprint density at radius 3 is 1.81 bits per heavy atom. The Bertz CT molecular complexity index is 601. The fourth-order valence-corrected chi connectivity index (χ4v) is 3.03. The van der Waals surface area contributed by atoms with Crippen molar-refractivity contribution in [3.63, 3.8) is 0 Å². The average molecular weight is 379 g/mol. The van der Waals surface area contributed by atoms with Crippen LogP contribution in [0.3, 0.4) is 0 Å². The minimum atomic E-state index is -0.738. The molecule has 0 bridgehead atoms. The number of carboxylic acids is 2. The molecule has 5 nitrogen and oxygen atoms in total. The summed E-state index contributed by atoms with van der Waals surface area (Å²) in [4.78, 5) is 21.2. The van der Waals surface area contributed by atoms with E-state index in [1.165, 1.54) is 11.1 Å². The van der Waals surface area contributed by atoms with Gasteiger partial charge in [-0.15, -0.1) is 0 Å². The van der Waals surface area contributed by atoms with Gasteiger partial charge in [-0.25, -0.2) is 0 Å². The molecule has 2 N–H and O–H groups in total. The van der Waals surface area contributed by atoms with Crippen LogP contribution in [-0.4, -0.2) is 27.8 Å². The lowest BCUT2D eigenvalue weighted by molar-refractivity contribution is -0.138. The Labute approximate surface area is 162 Å². The predicted octanol–water partition coefficient (Wildman–Crippen LogP) is 5.24. The number of carbonyl (C=O) groups is 2. The summed E-state index contributed by atoms with van der Waals surface area (Å²) in [6, 6.07) is 6.23. The van der Waals surface area contributed by atoms with Crippen LogP contribution in [0.4, 0.5) is 0 Å². The van der Waals surface area contributed by atoms with Gasteiger partial charge in [0.2, 0.25) is 0 Å². The summed E-state index contributed by atoms with van der Waals surface area (Å²) in [5, 5.41) is 17.5. The van der Waals surface area contributed by atoms with E-state index in [0.29, 0.717) is 12.8 Å². The highest BCUT2D eigenvalue weighted by atomic mass is 16.5. The van der Waals surface area contributed by atoms with Crippen molar-refractivity contribution in [2.24, 2.45) is 0 Å². The van der Waals surface area contributed by atoms with Gasteiger partial charge >= 0.3 is 11.9 Å². The second-order valence-electron chi connectivity index (χ2n) is 8.05. The van der Waals surface area contributed by atoms with E-state index in [2.05, 4.69) is 12.1 Å². The first-order chi connectivity index (χ1) is 12.7. The van der Waals surface area contributed by atoms with Crippen molar-refractivity contribution in [3.8, 4) is 5.75 Å². The van der Waals surface area contributed by atoms with E-state index in [1.807, 2.05) is 26.8 Å². The van der Waals surface area contributed by atoms with Crippen LogP contribution in [0, 0.1) is 0 Å². The zero-order chi connectivity index (χ0) is 20.3. The smallest absolute Gasteiger partial charge is 0.303 e. The Balaban J connectivity index is 2.65. The number of unbranched alkanes of at least 4 members (excludes halogenated alkanes) is 4. The molecule has 0 aliphatic heterocycles. The summed E-state index contributed by atoms with van der Waals surface area (Å²) in [6.45, 7) is 6.07. The van der Waals surface area contributed by atoms with Crippen molar-refractivity contribution in [2.45, 2.75) is 90.6 Å². The number of hydrogen-bond acceptors (Lipinski definition) is 3. The largest absolute Gasteiger partial charge is 0.488 e. The van der Waals surface area contributed by atoms with Crippen molar-refractivity contribution in [1.29, 1.82) is 0 Å². The number of aryl methyl sites for hydroxylation is 2. The number of aliphatic carboxylic acids is 2. The van der Waals surface area contributed by atoms with Gasteiger partial charge in [0.05, 0.1) is 0 Å². The molecule has 1 aromatic carbocycles. The fourth-order valence-electron chi connectivity index (χ4n) is 3.03. The fraction of sp³-hybridized carbons (Fsp3) is 0.636. The standard InChI is InChI=1S/C22H34O5/c1-22(2,3)27-19-15-14-17(10-6-4-8-12-20(23)24)18(16-19)11-7-5-9-13-21(25)26/h14-16H,4-13H2,1-3H3,(H,23,24)(H,25,26). The van der Waals surface area contributed by atoms with Gasteiger partial charge in [-0.05, 0) is 82.6 Å². The van der Waals surface area contributed by atoms with Crippen LogP contribution in [0.25, 0.3) is 0 Å². The SMILES string of the molecule is CC(C)(C)Oc1ccc(CCCCCC(=O)O)c(CCCCCC(=O)O)c1. The van der Waals surface area contributed by atoms with E-state index in [1.54, 1.807) is 0 Å². The van der Waals surface area contributed by atoms with Crippen molar-refractivity contribution in [3.05, 3.63) is 29.3 Å². The Morgan fingerprint density at radius 1 is 0.815 bits per heavy atom. The third-order valence-corrected chi connectivity index (χ3v) is 4.28. The molecule has 1 rings (SSSR count). The summed E-state index contributed by atoms with van der Waals surface area (Å²) in [6.07, 6.45) is 7.45. The lowest BCUT2D eigenvalue weighted by Gasteiger charge is -2.22. The molecule has 0 fully saturated rings. The van der Waals surface area contributed by atoms with Crippen LogP contribution >= 0.6 is 0 Å². The molecule has 152 valence electrons. The molecule has 0 heterocycles. The first-order valence-corrected chi connectivity index (χ1v) is 9.92. The Kier molecular flexibility index (Phi) is 9.90. The number of benzene rings is 1. The molecule has 1 aromatic rings. The Hall–Kier alpha value is -2.04. The number of ether oxygens (including phenoxy) is 1. The van der Waals surface area contributed by atoms with Gasteiger partial charge in [0.25, 0.3) is 0 Å². The maximum atomic E-state index is 10.6. The van der Waals surface area contributed by atoms with Crippen LogP contribution in [0.15, 0.2) is 18.2 Å². The minimum Gasteiger partial charge on any atom is -0.488 e. The van der Waals surface area contributed by atoms with Crippen LogP contribution in [0.1, 0.15) is 83.3 Å². The van der Waals surface area contributed by atoms with Crippen LogP contribution in [-0.2, 0) is 22.4 Å². The summed E-state index contributed by atoms with van der Waals surface area (Å²) in [7, 11) is 0. The second-order valence-corrected chi connectivity index (χ2v) is 8.05. The molecule has 0 saturated heterocycles. The van der Waals surface area contributed by atoms with Crippen molar-refractivity contribution >= 4 is 11.9 Å². The maximum Gasteiger partial charge on any atom is 0.303 e. The number of carboxylic acid groups (broad SMARTS) is 2. The normalized spacial score (nSPS) is 11.4. The van der Waals surface area contributed by atoms with Crippen molar-refractivity contribution in [2.75, 3.05) is 0 Å². The zero-order valence-corrected chi connectivity index (χ0v) is 16.9. The van der Waals surface area contributed by atoms with Gasteiger partial charge in [-0.3, -0.25) is 9.59 Å². The van der Waals surface area contributed by atoms with E-state index in [9.17, 15) is 9.59 Å². The van der Waals surface area contributed by atoms with E-state index < -0.39 is 11.9 Å². The summed E-state index contributed by atoms with van der Waals surface area (Å²) >= 11 is 0. The highest BCUT2D eigenvalue weighted by Crippen LogP contribution is 2.25. The second kappa shape index (κ2) is 11.6. The molecule has 0 saturated carbocycles. The van der Waals surface area contributed by atoms with E-state index in [4.69, 9.17) is 14.9 Å². The lowest BCUT2D eigenvalue weighted by atomic mass is 9.96. The first kappa shape index (κ1) is 23.0.